The van der Waals surface area contributed by atoms with Gasteiger partial charge in [0, 0.05) is 85.5 Å². The molecule has 9 rings (SSSR count). The summed E-state index contributed by atoms with van der Waals surface area (Å²) in [6.45, 7) is 7.72. The largest absolute Gasteiger partial charge is 0.508 e. The molecule has 11 atom stereocenters. The normalized spacial score (nSPS) is 22.0. The van der Waals surface area contributed by atoms with Crippen molar-refractivity contribution in [3.63, 3.8) is 0 Å². The number of aliphatic hydroxyl groups excluding tert-OH is 1. The van der Waals surface area contributed by atoms with Gasteiger partial charge in [-0.25, -0.2) is 0 Å². The average Bonchev–Trinajstić information content (AvgIpc) is 1.67. The standard InChI is InChI=1S/C88H108N16O17S/c1-49(2)34-64-80(113)97-69(41-57-43-91-63-25-17-15-23-61(57)63)85(118)103-77(51(5)6)87(120)99-67(37-54-26-30-58(106)31-27-54)83(116)101-71(46-105)78(111)93-45-75(109)94-68(40-56-42-90-62-24-16-14-22-60(56)62)84(117)100-70(38-55-28-32-59(107)33-29-55)88(121)104(7)73(39-53-20-12-9-13-21-53)86(119)98-65(35-50(3)4)81(114)102-72(79(112)92-44-74(89)108)47-122-48-76(110)95-66(82(115)96-64)36-52-18-10-8-11-19-52/h8-33,42-43,49-51,64-73,77,90-91,105-107H,34-41,44-48H2,1-7H3,(H2,89,108)(H,92,112)(H,93,111)(H,94,109)(H,95,110)(H,96,115)(H,97,113)(H,98,119)(H,99,120)(H,100,117)(H,101,116)(H,102,114)(H,103,118)/t64-,65-,66-,67-,68-,69-,70-,71-,72-,73-,77-/m0/s1. The molecule has 1 saturated heterocycles. The second kappa shape index (κ2) is 44.8. The summed E-state index contributed by atoms with van der Waals surface area (Å²) >= 11 is 0.848. The lowest BCUT2D eigenvalue weighted by atomic mass is 9.98. The van der Waals surface area contributed by atoms with Gasteiger partial charge >= 0.3 is 0 Å². The topological polar surface area (TPSA) is 505 Å². The fraction of sp³-hybridized carbons (Fsp3) is 0.386. The molecule has 14 amide bonds. The molecule has 19 N–H and O–H groups in total. The molecular formula is C88H108N16O17S. The zero-order valence-corrected chi connectivity index (χ0v) is 69.7. The second-order valence-electron chi connectivity index (χ2n) is 31.5. The molecule has 8 aromatic rings. The summed E-state index contributed by atoms with van der Waals surface area (Å²) in [5, 5.41) is 64.9. The van der Waals surface area contributed by atoms with Crippen LogP contribution < -0.4 is 69.5 Å². The molecule has 122 heavy (non-hydrogen) atoms. The lowest BCUT2D eigenvalue weighted by Crippen LogP contribution is -2.61. The van der Waals surface area contributed by atoms with Crippen molar-refractivity contribution in [2.45, 2.75) is 159 Å². The van der Waals surface area contributed by atoms with E-state index in [1.807, 2.05) is 0 Å². The number of thioether (sulfide) groups is 1. The monoisotopic (exact) mass is 1690 g/mol. The van der Waals surface area contributed by atoms with Crippen molar-refractivity contribution < 1.29 is 82.4 Å². The molecule has 1 fully saturated rings. The van der Waals surface area contributed by atoms with Gasteiger partial charge in [-0.15, -0.1) is 11.8 Å². The van der Waals surface area contributed by atoms with Gasteiger partial charge in [0.1, 0.15) is 78.0 Å². The average molecular weight is 1690 g/mol. The Balaban J connectivity index is 1.10. The number of para-hydroxylation sites is 2. The van der Waals surface area contributed by atoms with E-state index in [-0.39, 0.29) is 80.5 Å². The number of hydrogen-bond donors (Lipinski definition) is 18. The maximum Gasteiger partial charge on any atom is 0.245 e. The van der Waals surface area contributed by atoms with Crippen LogP contribution in [0, 0.1) is 17.8 Å². The Kier molecular flexibility index (Phi) is 34.1. The third-order valence-corrected chi connectivity index (χ3v) is 21.6. The Hall–Kier alpha value is -13.1. The van der Waals surface area contributed by atoms with Gasteiger partial charge in [-0.1, -0.05) is 163 Å². The molecule has 6 aromatic carbocycles. The van der Waals surface area contributed by atoms with Gasteiger partial charge in [0.2, 0.25) is 82.7 Å². The summed E-state index contributed by atoms with van der Waals surface area (Å²) in [4.78, 5) is 213. The second-order valence-corrected chi connectivity index (χ2v) is 32.5. The molecular weight excluding hydrogens is 1590 g/mol. The van der Waals surface area contributed by atoms with Crippen molar-refractivity contribution in [3.05, 3.63) is 203 Å². The SMILES string of the molecule is CC(C)C[C@@H]1NC(=O)[C@H](Cc2ccccc2)NC(=O)CSC[C@@H](C(=O)NCC(N)=O)NC(=O)[C@H](CC(C)C)NC(=O)[C@H](Cc2ccccc2)N(C)C(=O)[C@H](Cc2ccc(O)cc2)NC(=O)[C@H](Cc2c[nH]c3ccccc23)NC(=O)CNC(=O)[C@H](CO)NC(=O)[C@H](Cc2ccc(O)cc2)NC(=O)[C@H](C(C)C)NC(=O)[C@H](Cc2c[nH]c3ccccc23)NC1=O. The van der Waals surface area contributed by atoms with Crippen LogP contribution in [0.15, 0.2) is 170 Å². The van der Waals surface area contributed by atoms with Gasteiger partial charge in [-0.2, -0.15) is 0 Å². The number of hydrogen-bond acceptors (Lipinski definition) is 18. The number of phenolic OH excluding ortho intramolecular Hbond substituents is 2. The number of rotatable bonds is 21. The number of nitrogens with two attached hydrogens (primary N) is 1. The number of carbonyl (C=O) groups excluding carboxylic acids is 14. The number of aliphatic hydroxyl groups is 1. The molecule has 1 aliphatic rings. The molecule has 0 bridgehead atoms. The summed E-state index contributed by atoms with van der Waals surface area (Å²) in [6, 6.07) is 26.0. The number of aromatic nitrogens is 2. The fourth-order valence-corrected chi connectivity index (χ4v) is 15.0. The van der Waals surface area contributed by atoms with E-state index in [0.29, 0.717) is 55.2 Å². The summed E-state index contributed by atoms with van der Waals surface area (Å²) in [5.74, 6) is -15.2. The fourth-order valence-electron chi connectivity index (χ4n) is 14.1. The Morgan fingerprint density at radius 2 is 0.844 bits per heavy atom. The van der Waals surface area contributed by atoms with Crippen LogP contribution in [0.25, 0.3) is 21.8 Å². The maximum absolute atomic E-state index is 15.6. The highest BCUT2D eigenvalue weighted by atomic mass is 32.2. The number of fused-ring (bicyclic) bond motifs is 2. The highest BCUT2D eigenvalue weighted by Gasteiger charge is 2.40. The first-order valence-corrected chi connectivity index (χ1v) is 41.5. The van der Waals surface area contributed by atoms with E-state index in [0.717, 1.165) is 16.7 Å². The summed E-state index contributed by atoms with van der Waals surface area (Å²) in [6.07, 6.45) is 1.89. The van der Waals surface area contributed by atoms with Crippen LogP contribution in [0.2, 0.25) is 0 Å². The molecule has 3 heterocycles. The zero-order chi connectivity index (χ0) is 88.3. The van der Waals surface area contributed by atoms with Crippen LogP contribution >= 0.6 is 11.8 Å². The Morgan fingerprint density at radius 1 is 0.443 bits per heavy atom. The molecule has 0 unspecified atom stereocenters. The van der Waals surface area contributed by atoms with Crippen LogP contribution in [-0.2, 0) is 106 Å². The third-order valence-electron chi connectivity index (χ3n) is 20.6. The molecule has 0 radical (unpaired) electrons. The van der Waals surface area contributed by atoms with E-state index in [9.17, 15) is 58.5 Å². The van der Waals surface area contributed by atoms with E-state index in [2.05, 4.69) is 73.8 Å². The number of primary amides is 1. The van der Waals surface area contributed by atoms with E-state index in [1.54, 1.807) is 163 Å². The number of amides is 14. The van der Waals surface area contributed by atoms with Crippen molar-refractivity contribution in [2.75, 3.05) is 38.2 Å². The first-order chi connectivity index (χ1) is 58.3. The predicted molar refractivity (Wildman–Crippen MR) is 457 cm³/mol. The van der Waals surface area contributed by atoms with Gasteiger partial charge < -0.3 is 99.7 Å². The van der Waals surface area contributed by atoms with Crippen LogP contribution in [0.4, 0.5) is 0 Å². The third kappa shape index (κ3) is 27.5. The van der Waals surface area contributed by atoms with Crippen molar-refractivity contribution in [3.8, 4) is 11.5 Å². The number of likely N-dealkylation sites (N-methyl/N-ethyl adjacent to an activating group) is 1. The number of aromatic amines is 2. The lowest BCUT2D eigenvalue weighted by Gasteiger charge is -2.33. The highest BCUT2D eigenvalue weighted by molar-refractivity contribution is 8.00. The van der Waals surface area contributed by atoms with Crippen molar-refractivity contribution in [2.24, 2.45) is 23.5 Å². The van der Waals surface area contributed by atoms with E-state index in [1.165, 1.54) is 55.6 Å². The molecule has 2 aromatic heterocycles. The molecule has 34 heteroatoms. The smallest absolute Gasteiger partial charge is 0.245 e. The van der Waals surface area contributed by atoms with Crippen LogP contribution in [0.3, 0.4) is 0 Å². The van der Waals surface area contributed by atoms with Crippen LogP contribution in [-0.4, -0.2) is 218 Å². The molecule has 0 spiro atoms. The molecule has 0 aliphatic carbocycles. The summed E-state index contributed by atoms with van der Waals surface area (Å²) in [5.41, 5.74) is 9.83. The predicted octanol–water partition coefficient (Wildman–Crippen LogP) is 1.70. The van der Waals surface area contributed by atoms with Gasteiger partial charge in [0.05, 0.1) is 25.4 Å². The van der Waals surface area contributed by atoms with E-state index in [4.69, 9.17) is 5.73 Å². The zero-order valence-electron chi connectivity index (χ0n) is 68.9. The number of aromatic hydroxyl groups is 2. The number of nitrogens with zero attached hydrogens (tertiary/aromatic N) is 1. The number of H-pyrrole nitrogens is 2. The van der Waals surface area contributed by atoms with Crippen molar-refractivity contribution in [1.29, 1.82) is 0 Å². The minimum atomic E-state index is -1.82. The molecule has 648 valence electrons. The Labute approximate surface area is 709 Å². The maximum atomic E-state index is 15.6. The van der Waals surface area contributed by atoms with Gasteiger partial charge in [-0.05, 0) is 100 Å². The first-order valence-electron chi connectivity index (χ1n) is 40.3. The molecule has 1 aliphatic heterocycles. The minimum absolute atomic E-state index is 0.00897. The van der Waals surface area contributed by atoms with Crippen molar-refractivity contribution in [1.82, 2.24) is 78.7 Å². The van der Waals surface area contributed by atoms with Gasteiger partial charge in [-0.3, -0.25) is 67.1 Å². The number of benzene rings is 6. The van der Waals surface area contributed by atoms with Crippen LogP contribution in [0.1, 0.15) is 87.8 Å². The molecule has 0 saturated carbocycles. The van der Waals surface area contributed by atoms with Gasteiger partial charge in [0.15, 0.2) is 0 Å². The Morgan fingerprint density at radius 3 is 1.35 bits per heavy atom. The number of phenols is 2. The summed E-state index contributed by atoms with van der Waals surface area (Å²) < 4.78 is 0. The minimum Gasteiger partial charge on any atom is -0.508 e. The number of carbonyl (C=O) groups is 14. The van der Waals surface area contributed by atoms with Gasteiger partial charge in [0.25, 0.3) is 0 Å². The first kappa shape index (κ1) is 92.8. The Bertz CT molecular complexity index is 4990. The molecule has 33 nitrogen and oxygen atoms in total. The summed E-state index contributed by atoms with van der Waals surface area (Å²) in [7, 11) is 1.32. The highest BCUT2D eigenvalue weighted by Crippen LogP contribution is 2.24. The quantitative estimate of drug-likeness (QED) is 0.0487. The lowest BCUT2D eigenvalue weighted by molar-refractivity contribution is -0.143. The van der Waals surface area contributed by atoms with E-state index < -0.39 is 181 Å². The van der Waals surface area contributed by atoms with Crippen LogP contribution in [0.5, 0.6) is 11.5 Å². The number of nitrogens with one attached hydrogen (secondary N) is 14. The van der Waals surface area contributed by atoms with Crippen molar-refractivity contribution >= 4 is 116 Å². The van der Waals surface area contributed by atoms with E-state index >= 15 is 24.0 Å².